The maximum atomic E-state index is 13.8. The average molecular weight is 420 g/mol. The Hall–Kier alpha value is -4.06. The van der Waals surface area contributed by atoms with Gasteiger partial charge in [0, 0.05) is 42.4 Å². The van der Waals surface area contributed by atoms with E-state index in [-0.39, 0.29) is 11.1 Å². The zero-order chi connectivity index (χ0) is 22.0. The van der Waals surface area contributed by atoms with Gasteiger partial charge in [0.05, 0.1) is 24.6 Å². The average Bonchev–Trinajstić information content (AvgIpc) is 3.20. The molecular weight excluding hydrogens is 402 g/mol. The van der Waals surface area contributed by atoms with Gasteiger partial charge in [-0.3, -0.25) is 0 Å². The maximum Gasteiger partial charge on any atom is 0.272 e. The van der Waals surface area contributed by atoms with E-state index >= 15 is 0 Å². The second-order valence-corrected chi connectivity index (χ2v) is 6.98. The van der Waals surface area contributed by atoms with Crippen molar-refractivity contribution in [3.63, 3.8) is 0 Å². The van der Waals surface area contributed by atoms with E-state index in [9.17, 15) is 14.0 Å². The summed E-state index contributed by atoms with van der Waals surface area (Å²) in [5, 5.41) is 13.1. The zero-order valence-electron chi connectivity index (χ0n) is 16.8. The number of nitriles is 1. The van der Waals surface area contributed by atoms with Crippen LogP contribution in [-0.2, 0) is 12.5 Å². The van der Waals surface area contributed by atoms with Crippen LogP contribution < -0.4 is 10.1 Å². The number of pyridine rings is 1. The van der Waals surface area contributed by atoms with Gasteiger partial charge in [-0.15, -0.1) is 0 Å². The number of hydrogen-bond donors (Lipinski definition) is 2. The second-order valence-electron chi connectivity index (χ2n) is 6.98. The molecule has 31 heavy (non-hydrogen) atoms. The first kappa shape index (κ1) is 20.2. The number of rotatable bonds is 6. The van der Waals surface area contributed by atoms with Crippen molar-refractivity contribution in [3.8, 4) is 23.1 Å². The van der Waals surface area contributed by atoms with Crippen molar-refractivity contribution < 1.29 is 13.5 Å². The number of nitrogens with one attached hydrogen (secondary N) is 2. The number of benzene rings is 1. The van der Waals surface area contributed by atoms with Crippen molar-refractivity contribution >= 4 is 17.0 Å². The number of aromatic nitrogens is 4. The lowest BCUT2D eigenvalue weighted by Crippen LogP contribution is -2.07. The summed E-state index contributed by atoms with van der Waals surface area (Å²) >= 11 is 0. The molecule has 9 heteroatoms. The predicted molar refractivity (Wildman–Crippen MR) is 112 cm³/mol. The minimum Gasteiger partial charge on any atom is -0.497 e. The highest BCUT2D eigenvalue weighted by Crippen LogP contribution is 2.33. The lowest BCUT2D eigenvalue weighted by Gasteiger charge is -2.11. The number of anilines is 1. The van der Waals surface area contributed by atoms with Crippen molar-refractivity contribution in [2.45, 2.75) is 19.4 Å². The largest absolute Gasteiger partial charge is 0.497 e. The molecule has 4 rings (SSSR count). The molecule has 156 valence electrons. The van der Waals surface area contributed by atoms with Gasteiger partial charge in [0.25, 0.3) is 5.92 Å². The molecule has 7 nitrogen and oxygen atoms in total. The normalized spacial score (nSPS) is 11.3. The van der Waals surface area contributed by atoms with Crippen LogP contribution in [0.2, 0.25) is 0 Å². The van der Waals surface area contributed by atoms with E-state index in [4.69, 9.17) is 4.74 Å². The highest BCUT2D eigenvalue weighted by atomic mass is 19.3. The standard InChI is InChI=1S/C22H18F2N6O/c1-22(23,24)15-7-17-18(12-27-20(17)26-11-15)19-14(8-25)10-29-21(30-19)28-9-13-4-3-5-16(6-13)31-2/h3-7,10-12H,9H2,1-2H3,(H,26,27)(H,28,29,30). The molecule has 0 aliphatic carbocycles. The molecule has 0 bridgehead atoms. The van der Waals surface area contributed by atoms with Crippen LogP contribution in [0.5, 0.6) is 5.75 Å². The molecule has 1 aromatic carbocycles. The Balaban J connectivity index is 1.70. The number of methoxy groups -OCH3 is 1. The fourth-order valence-corrected chi connectivity index (χ4v) is 3.16. The lowest BCUT2D eigenvalue weighted by molar-refractivity contribution is 0.0173. The van der Waals surface area contributed by atoms with Gasteiger partial charge in [0.1, 0.15) is 17.5 Å². The van der Waals surface area contributed by atoms with Crippen molar-refractivity contribution in [3.05, 3.63) is 65.6 Å². The molecular formula is C22H18F2N6O. The first-order chi connectivity index (χ1) is 14.9. The summed E-state index contributed by atoms with van der Waals surface area (Å²) in [6.07, 6.45) is 4.14. The van der Waals surface area contributed by atoms with Crippen LogP contribution in [0.3, 0.4) is 0 Å². The summed E-state index contributed by atoms with van der Waals surface area (Å²) in [7, 11) is 1.60. The van der Waals surface area contributed by atoms with Crippen LogP contribution in [0.15, 0.2) is 48.9 Å². The summed E-state index contributed by atoms with van der Waals surface area (Å²) in [6.45, 7) is 1.25. The summed E-state index contributed by atoms with van der Waals surface area (Å²) in [5.41, 5.74) is 2.22. The van der Waals surface area contributed by atoms with Crippen LogP contribution in [0.25, 0.3) is 22.3 Å². The fourth-order valence-electron chi connectivity index (χ4n) is 3.16. The van der Waals surface area contributed by atoms with Crippen molar-refractivity contribution in [1.29, 1.82) is 5.26 Å². The van der Waals surface area contributed by atoms with E-state index in [0.29, 0.717) is 34.8 Å². The van der Waals surface area contributed by atoms with Crippen LogP contribution in [0.1, 0.15) is 23.6 Å². The summed E-state index contributed by atoms with van der Waals surface area (Å²) in [6, 6.07) is 11.0. The fraction of sp³-hybridized carbons (Fsp3) is 0.182. The molecule has 0 aliphatic heterocycles. The number of ether oxygens (including phenoxy) is 1. The van der Waals surface area contributed by atoms with E-state index in [2.05, 4.69) is 31.3 Å². The molecule has 0 fully saturated rings. The molecule has 3 aromatic heterocycles. The topological polar surface area (TPSA) is 99.5 Å². The summed E-state index contributed by atoms with van der Waals surface area (Å²) in [5.74, 6) is -2.00. The monoisotopic (exact) mass is 420 g/mol. The van der Waals surface area contributed by atoms with Gasteiger partial charge in [-0.05, 0) is 23.8 Å². The van der Waals surface area contributed by atoms with E-state index in [1.165, 1.54) is 12.3 Å². The molecule has 0 amide bonds. The highest BCUT2D eigenvalue weighted by molar-refractivity contribution is 5.94. The number of aromatic amines is 1. The third-order valence-corrected chi connectivity index (χ3v) is 4.79. The lowest BCUT2D eigenvalue weighted by atomic mass is 10.1. The predicted octanol–water partition coefficient (Wildman–Crippen LogP) is 4.62. The van der Waals surface area contributed by atoms with Gasteiger partial charge < -0.3 is 15.0 Å². The Morgan fingerprint density at radius 1 is 1.23 bits per heavy atom. The molecule has 2 N–H and O–H groups in total. The molecule has 0 saturated carbocycles. The molecule has 0 atom stereocenters. The molecule has 0 radical (unpaired) electrons. The first-order valence-corrected chi connectivity index (χ1v) is 9.39. The molecule has 0 saturated heterocycles. The van der Waals surface area contributed by atoms with E-state index in [0.717, 1.165) is 24.4 Å². The highest BCUT2D eigenvalue weighted by Gasteiger charge is 2.26. The van der Waals surface area contributed by atoms with Gasteiger partial charge in [0.2, 0.25) is 5.95 Å². The quantitative estimate of drug-likeness (QED) is 0.472. The first-order valence-electron chi connectivity index (χ1n) is 9.39. The molecule has 3 heterocycles. The van der Waals surface area contributed by atoms with Crippen LogP contribution in [-0.4, -0.2) is 27.0 Å². The van der Waals surface area contributed by atoms with E-state index < -0.39 is 5.92 Å². The third kappa shape index (κ3) is 4.14. The Bertz CT molecular complexity index is 1290. The second kappa shape index (κ2) is 7.99. The Morgan fingerprint density at radius 2 is 2.06 bits per heavy atom. The SMILES string of the molecule is COc1cccc(CNc2ncc(C#N)c(-c3c[nH]c4ncc(C(C)(F)F)cc34)n2)c1. The van der Waals surface area contributed by atoms with E-state index in [1.54, 1.807) is 13.3 Å². The molecule has 0 aliphatic rings. The molecule has 4 aromatic rings. The smallest absolute Gasteiger partial charge is 0.272 e. The maximum absolute atomic E-state index is 13.8. The minimum absolute atomic E-state index is 0.218. The van der Waals surface area contributed by atoms with Gasteiger partial charge in [-0.2, -0.15) is 5.26 Å². The number of nitrogens with zero attached hydrogens (tertiary/aromatic N) is 4. The van der Waals surface area contributed by atoms with Gasteiger partial charge in [-0.1, -0.05) is 12.1 Å². The van der Waals surface area contributed by atoms with Crippen LogP contribution in [0.4, 0.5) is 14.7 Å². The van der Waals surface area contributed by atoms with E-state index in [1.807, 2.05) is 24.3 Å². The third-order valence-electron chi connectivity index (χ3n) is 4.79. The van der Waals surface area contributed by atoms with Crippen molar-refractivity contribution in [2.75, 3.05) is 12.4 Å². The van der Waals surface area contributed by atoms with Gasteiger partial charge in [-0.25, -0.2) is 23.7 Å². The van der Waals surface area contributed by atoms with Crippen LogP contribution >= 0.6 is 0 Å². The Kier molecular flexibility index (Phi) is 5.21. The number of H-pyrrole nitrogens is 1. The minimum atomic E-state index is -3.04. The summed E-state index contributed by atoms with van der Waals surface area (Å²) in [4.78, 5) is 15.7. The number of fused-ring (bicyclic) bond motifs is 1. The Labute approximate surface area is 176 Å². The zero-order valence-corrected chi connectivity index (χ0v) is 16.8. The molecule has 0 unspecified atom stereocenters. The summed E-state index contributed by atoms with van der Waals surface area (Å²) < 4.78 is 32.8. The van der Waals surface area contributed by atoms with Gasteiger partial charge >= 0.3 is 0 Å². The number of hydrogen-bond acceptors (Lipinski definition) is 6. The van der Waals surface area contributed by atoms with Gasteiger partial charge in [0.15, 0.2) is 0 Å². The van der Waals surface area contributed by atoms with Crippen molar-refractivity contribution in [2.24, 2.45) is 0 Å². The van der Waals surface area contributed by atoms with Crippen LogP contribution in [0, 0.1) is 11.3 Å². The number of alkyl halides is 2. The van der Waals surface area contributed by atoms with Crippen molar-refractivity contribution in [1.82, 2.24) is 19.9 Å². The Morgan fingerprint density at radius 3 is 2.81 bits per heavy atom. The number of halogens is 2. The molecule has 0 spiro atoms.